The summed E-state index contributed by atoms with van der Waals surface area (Å²) in [5.74, 6) is 0. The van der Waals surface area contributed by atoms with Crippen molar-refractivity contribution in [1.29, 1.82) is 0 Å². The summed E-state index contributed by atoms with van der Waals surface area (Å²) in [6.07, 6.45) is 4.03. The number of rotatable bonds is 7. The molecule has 0 amide bonds. The van der Waals surface area contributed by atoms with Crippen molar-refractivity contribution in [2.45, 2.75) is 63.8 Å². The maximum atomic E-state index is 12.2. The fourth-order valence-electron chi connectivity index (χ4n) is 1.71. The van der Waals surface area contributed by atoms with Crippen molar-refractivity contribution >= 4 is 10.0 Å². The van der Waals surface area contributed by atoms with E-state index in [1.807, 2.05) is 32.9 Å². The predicted molar refractivity (Wildman–Crippen MR) is 79.7 cm³/mol. The Balaban J connectivity index is 2.85. The molecule has 0 aliphatic rings. The molecule has 0 radical (unpaired) electrons. The van der Waals surface area contributed by atoms with Gasteiger partial charge in [-0.3, -0.25) is 0 Å². The van der Waals surface area contributed by atoms with Gasteiger partial charge >= 0.3 is 0 Å². The summed E-state index contributed by atoms with van der Waals surface area (Å²) >= 11 is 0. The molecule has 3 nitrogen and oxygen atoms in total. The van der Waals surface area contributed by atoms with Crippen molar-refractivity contribution in [3.63, 3.8) is 0 Å². The lowest BCUT2D eigenvalue weighted by Crippen LogP contribution is -2.42. The molecule has 19 heavy (non-hydrogen) atoms. The molecule has 108 valence electrons. The molecule has 1 N–H and O–H groups in total. The average molecular weight is 283 g/mol. The highest BCUT2D eigenvalue weighted by atomic mass is 32.2. The smallest absolute Gasteiger partial charge is 0.207 e. The molecular formula is C15H25NO2S. The Hall–Kier alpha value is -0.870. The van der Waals surface area contributed by atoms with E-state index in [0.29, 0.717) is 4.90 Å². The summed E-state index contributed by atoms with van der Waals surface area (Å²) in [4.78, 5) is 0.342. The number of sulfonamides is 1. The molecule has 0 bridgehead atoms. The van der Waals surface area contributed by atoms with Crippen molar-refractivity contribution in [1.82, 2.24) is 4.72 Å². The number of hydrogen-bond acceptors (Lipinski definition) is 2. The third-order valence-corrected chi connectivity index (χ3v) is 5.06. The lowest BCUT2D eigenvalue weighted by Gasteiger charge is -2.24. The third-order valence-electron chi connectivity index (χ3n) is 3.35. The van der Waals surface area contributed by atoms with Crippen LogP contribution in [0.15, 0.2) is 29.2 Å². The van der Waals surface area contributed by atoms with Gasteiger partial charge in [0, 0.05) is 5.54 Å². The minimum absolute atomic E-state index is 0.342. The molecule has 0 saturated heterocycles. The van der Waals surface area contributed by atoms with Crippen LogP contribution in [0.3, 0.4) is 0 Å². The molecular weight excluding hydrogens is 258 g/mol. The minimum atomic E-state index is -3.42. The van der Waals surface area contributed by atoms with E-state index in [9.17, 15) is 8.42 Å². The molecule has 0 unspecified atom stereocenters. The van der Waals surface area contributed by atoms with Crippen molar-refractivity contribution in [3.8, 4) is 0 Å². The molecule has 0 atom stereocenters. The van der Waals surface area contributed by atoms with Gasteiger partial charge in [0.2, 0.25) is 10.0 Å². The first kappa shape index (κ1) is 16.2. The van der Waals surface area contributed by atoms with Crippen LogP contribution in [0.5, 0.6) is 0 Å². The minimum Gasteiger partial charge on any atom is -0.207 e. The molecule has 4 heteroatoms. The second-order valence-corrected chi connectivity index (χ2v) is 7.27. The van der Waals surface area contributed by atoms with Gasteiger partial charge < -0.3 is 0 Å². The largest absolute Gasteiger partial charge is 0.241 e. The molecule has 0 fully saturated rings. The molecule has 1 aromatic carbocycles. The van der Waals surface area contributed by atoms with Crippen LogP contribution in [0.1, 0.15) is 52.5 Å². The maximum absolute atomic E-state index is 12.2. The summed E-state index contributed by atoms with van der Waals surface area (Å²) in [5.41, 5.74) is 0.773. The van der Waals surface area contributed by atoms with Gasteiger partial charge in [-0.2, -0.15) is 0 Å². The summed E-state index contributed by atoms with van der Waals surface area (Å²) in [6, 6.07) is 7.20. The summed E-state index contributed by atoms with van der Waals surface area (Å²) < 4.78 is 27.2. The van der Waals surface area contributed by atoms with Crippen molar-refractivity contribution < 1.29 is 8.42 Å². The van der Waals surface area contributed by atoms with E-state index in [2.05, 4.69) is 11.6 Å². The van der Waals surface area contributed by atoms with Gasteiger partial charge in [0.05, 0.1) is 4.90 Å². The number of nitrogens with one attached hydrogen (secondary N) is 1. The fourth-order valence-corrected chi connectivity index (χ4v) is 3.20. The SMILES string of the molecule is CCCCc1ccc(S(=O)(=O)NC(C)(C)CC)cc1. The predicted octanol–water partition coefficient (Wildman–Crippen LogP) is 3.50. The van der Waals surface area contributed by atoms with E-state index < -0.39 is 15.6 Å². The highest BCUT2D eigenvalue weighted by Gasteiger charge is 2.24. The van der Waals surface area contributed by atoms with Gasteiger partial charge in [-0.05, 0) is 50.8 Å². The van der Waals surface area contributed by atoms with E-state index in [-0.39, 0.29) is 0 Å². The summed E-state index contributed by atoms with van der Waals surface area (Å²) in [5, 5.41) is 0. The Morgan fingerprint density at radius 1 is 1.11 bits per heavy atom. The Bertz CT molecular complexity index is 489. The van der Waals surface area contributed by atoms with Gasteiger partial charge in [0.1, 0.15) is 0 Å². The lowest BCUT2D eigenvalue weighted by molar-refractivity contribution is 0.439. The second kappa shape index (κ2) is 6.53. The summed E-state index contributed by atoms with van der Waals surface area (Å²) in [6.45, 7) is 7.90. The Morgan fingerprint density at radius 3 is 2.16 bits per heavy atom. The normalized spacial score (nSPS) is 12.6. The highest BCUT2D eigenvalue weighted by molar-refractivity contribution is 7.89. The first-order chi connectivity index (χ1) is 8.80. The van der Waals surface area contributed by atoms with Crippen LogP contribution in [0.2, 0.25) is 0 Å². The number of hydrogen-bond donors (Lipinski definition) is 1. The van der Waals surface area contributed by atoms with Crippen molar-refractivity contribution in [2.24, 2.45) is 0 Å². The highest BCUT2D eigenvalue weighted by Crippen LogP contribution is 2.16. The number of unbranched alkanes of at least 4 members (excludes halogenated alkanes) is 1. The molecule has 0 saturated carbocycles. The Labute approximate surface area is 117 Å². The van der Waals surface area contributed by atoms with Gasteiger partial charge in [-0.25, -0.2) is 13.1 Å². The van der Waals surface area contributed by atoms with Crippen LogP contribution >= 0.6 is 0 Å². The van der Waals surface area contributed by atoms with Gasteiger partial charge in [0.15, 0.2) is 0 Å². The Morgan fingerprint density at radius 2 is 1.68 bits per heavy atom. The van der Waals surface area contributed by atoms with E-state index in [4.69, 9.17) is 0 Å². The second-order valence-electron chi connectivity index (χ2n) is 5.59. The molecule has 0 aromatic heterocycles. The van der Waals surface area contributed by atoms with E-state index in [0.717, 1.165) is 25.7 Å². The molecule has 1 rings (SSSR count). The first-order valence-corrected chi connectivity index (χ1v) is 8.42. The molecule has 0 aliphatic heterocycles. The van der Waals surface area contributed by atoms with Gasteiger partial charge in [-0.1, -0.05) is 32.4 Å². The van der Waals surface area contributed by atoms with Gasteiger partial charge in [-0.15, -0.1) is 0 Å². The zero-order valence-corrected chi connectivity index (χ0v) is 13.2. The number of benzene rings is 1. The average Bonchev–Trinajstić information content (AvgIpc) is 2.35. The van der Waals surface area contributed by atoms with Crippen LogP contribution < -0.4 is 4.72 Å². The third kappa shape index (κ3) is 4.96. The van der Waals surface area contributed by atoms with Crippen LogP contribution in [0.4, 0.5) is 0 Å². The number of aryl methyl sites for hydroxylation is 1. The van der Waals surface area contributed by atoms with Crippen LogP contribution in [0, 0.1) is 0 Å². The molecule has 0 spiro atoms. The lowest BCUT2D eigenvalue weighted by atomic mass is 10.0. The standard InChI is InChI=1S/C15H25NO2S/c1-5-7-8-13-9-11-14(12-10-13)19(17,18)16-15(3,4)6-2/h9-12,16H,5-8H2,1-4H3. The van der Waals surface area contributed by atoms with Gasteiger partial charge in [0.25, 0.3) is 0 Å². The van der Waals surface area contributed by atoms with Crippen LogP contribution in [-0.2, 0) is 16.4 Å². The van der Waals surface area contributed by atoms with E-state index in [1.165, 1.54) is 5.56 Å². The van der Waals surface area contributed by atoms with Crippen molar-refractivity contribution in [3.05, 3.63) is 29.8 Å². The topological polar surface area (TPSA) is 46.2 Å². The van der Waals surface area contributed by atoms with Crippen LogP contribution in [-0.4, -0.2) is 14.0 Å². The van der Waals surface area contributed by atoms with E-state index >= 15 is 0 Å². The zero-order valence-electron chi connectivity index (χ0n) is 12.4. The monoisotopic (exact) mass is 283 g/mol. The first-order valence-electron chi connectivity index (χ1n) is 6.93. The maximum Gasteiger partial charge on any atom is 0.241 e. The van der Waals surface area contributed by atoms with Crippen LogP contribution in [0.25, 0.3) is 0 Å². The summed E-state index contributed by atoms with van der Waals surface area (Å²) in [7, 11) is -3.42. The zero-order chi connectivity index (χ0) is 14.5. The van der Waals surface area contributed by atoms with E-state index in [1.54, 1.807) is 12.1 Å². The fraction of sp³-hybridized carbons (Fsp3) is 0.600. The molecule has 0 aliphatic carbocycles. The molecule has 0 heterocycles. The quantitative estimate of drug-likeness (QED) is 0.832. The van der Waals surface area contributed by atoms with Crippen molar-refractivity contribution in [2.75, 3.05) is 0 Å². The molecule has 1 aromatic rings. The Kier molecular flexibility index (Phi) is 5.56.